The first-order chi connectivity index (χ1) is 8.50. The van der Waals surface area contributed by atoms with Gasteiger partial charge in [0.15, 0.2) is 0 Å². The van der Waals surface area contributed by atoms with E-state index in [1.807, 2.05) is 45.0 Å². The average Bonchev–Trinajstić information content (AvgIpc) is 2.28. The molecule has 0 fully saturated rings. The highest BCUT2D eigenvalue weighted by atomic mass is 16.5. The molecule has 0 aromatic heterocycles. The lowest BCUT2D eigenvalue weighted by atomic mass is 10.1. The first kappa shape index (κ1) is 14.0. The minimum Gasteiger partial charge on any atom is -0.489 e. The number of hydrogen-bond donors (Lipinski definition) is 1. The van der Waals surface area contributed by atoms with Gasteiger partial charge in [0.1, 0.15) is 12.4 Å². The van der Waals surface area contributed by atoms with Crippen molar-refractivity contribution in [2.75, 3.05) is 6.61 Å². The van der Waals surface area contributed by atoms with Gasteiger partial charge in [0.2, 0.25) is 0 Å². The fourth-order valence-electron chi connectivity index (χ4n) is 1.46. The van der Waals surface area contributed by atoms with Crippen molar-refractivity contribution < 1.29 is 14.6 Å². The summed E-state index contributed by atoms with van der Waals surface area (Å²) in [4.78, 5) is 10.5. The van der Waals surface area contributed by atoms with Gasteiger partial charge in [-0.15, -0.1) is 0 Å². The maximum absolute atomic E-state index is 10.5. The summed E-state index contributed by atoms with van der Waals surface area (Å²) in [6.07, 6.45) is 4.65. The maximum Gasteiger partial charge on any atom is 0.328 e. The van der Waals surface area contributed by atoms with Crippen LogP contribution in [-0.4, -0.2) is 17.7 Å². The van der Waals surface area contributed by atoms with E-state index in [0.717, 1.165) is 23.0 Å². The van der Waals surface area contributed by atoms with Crippen LogP contribution in [0.25, 0.3) is 6.08 Å². The van der Waals surface area contributed by atoms with Crippen molar-refractivity contribution in [3.8, 4) is 5.75 Å². The van der Waals surface area contributed by atoms with Crippen molar-refractivity contribution in [3.05, 3.63) is 47.1 Å². The molecule has 3 nitrogen and oxygen atoms in total. The van der Waals surface area contributed by atoms with Crippen LogP contribution in [0, 0.1) is 6.92 Å². The topological polar surface area (TPSA) is 46.5 Å². The second-order valence-electron chi connectivity index (χ2n) is 4.26. The summed E-state index contributed by atoms with van der Waals surface area (Å²) in [6, 6.07) is 5.66. The van der Waals surface area contributed by atoms with Gasteiger partial charge in [-0.1, -0.05) is 23.8 Å². The lowest BCUT2D eigenvalue weighted by molar-refractivity contribution is -0.131. The van der Waals surface area contributed by atoms with Crippen molar-refractivity contribution in [1.82, 2.24) is 0 Å². The van der Waals surface area contributed by atoms with Crippen molar-refractivity contribution >= 4 is 12.0 Å². The van der Waals surface area contributed by atoms with Gasteiger partial charge < -0.3 is 9.84 Å². The number of aliphatic carboxylic acids is 1. The molecule has 0 saturated heterocycles. The molecule has 1 rings (SSSR count). The summed E-state index contributed by atoms with van der Waals surface area (Å²) in [7, 11) is 0. The first-order valence-electron chi connectivity index (χ1n) is 5.77. The molecule has 0 radical (unpaired) electrons. The fraction of sp³-hybridized carbons (Fsp3) is 0.267. The van der Waals surface area contributed by atoms with E-state index in [1.165, 1.54) is 5.57 Å². The van der Waals surface area contributed by atoms with Crippen LogP contribution in [0.3, 0.4) is 0 Å². The molecule has 3 heteroatoms. The summed E-state index contributed by atoms with van der Waals surface area (Å²) >= 11 is 0. The number of carboxylic acid groups (broad SMARTS) is 1. The minimum absolute atomic E-state index is 0.487. The third kappa shape index (κ3) is 4.45. The Morgan fingerprint density at radius 2 is 2.11 bits per heavy atom. The molecule has 0 bridgehead atoms. The predicted octanol–water partition coefficient (Wildman–Crippen LogP) is 3.44. The van der Waals surface area contributed by atoms with E-state index in [-0.39, 0.29) is 0 Å². The standard InChI is InChI=1S/C15H18O3/c1-11(2)9-10-18-15-12(3)5-4-6-13(15)7-8-14(16)17/h4-9H,10H2,1-3H3,(H,16,17)/b8-7+. The van der Waals surface area contributed by atoms with Crippen LogP contribution in [0.2, 0.25) is 0 Å². The molecule has 0 amide bonds. The molecule has 1 aromatic rings. The lowest BCUT2D eigenvalue weighted by Gasteiger charge is -2.10. The molecule has 0 saturated carbocycles. The lowest BCUT2D eigenvalue weighted by Crippen LogP contribution is -1.98. The Morgan fingerprint density at radius 1 is 1.39 bits per heavy atom. The largest absolute Gasteiger partial charge is 0.489 e. The van der Waals surface area contributed by atoms with Gasteiger partial charge in [-0.2, -0.15) is 0 Å². The van der Waals surface area contributed by atoms with Crippen LogP contribution >= 0.6 is 0 Å². The normalized spacial score (nSPS) is 10.4. The van der Waals surface area contributed by atoms with Crippen molar-refractivity contribution in [1.29, 1.82) is 0 Å². The number of hydrogen-bond acceptors (Lipinski definition) is 2. The van der Waals surface area contributed by atoms with E-state index < -0.39 is 5.97 Å². The van der Waals surface area contributed by atoms with Gasteiger partial charge in [-0.05, 0) is 38.5 Å². The highest BCUT2D eigenvalue weighted by Gasteiger charge is 2.04. The smallest absolute Gasteiger partial charge is 0.328 e. The first-order valence-corrected chi connectivity index (χ1v) is 5.77. The second kappa shape index (κ2) is 6.64. The summed E-state index contributed by atoms with van der Waals surface area (Å²) in [6.45, 7) is 6.44. The molecular weight excluding hydrogens is 228 g/mol. The van der Waals surface area contributed by atoms with E-state index in [4.69, 9.17) is 9.84 Å². The van der Waals surface area contributed by atoms with E-state index in [0.29, 0.717) is 6.61 Å². The Balaban J connectivity index is 2.93. The summed E-state index contributed by atoms with van der Waals surface area (Å²) in [5.41, 5.74) is 2.95. The van der Waals surface area contributed by atoms with Crippen LogP contribution in [0.1, 0.15) is 25.0 Å². The van der Waals surface area contributed by atoms with Gasteiger partial charge in [0.25, 0.3) is 0 Å². The van der Waals surface area contributed by atoms with Crippen molar-refractivity contribution in [2.24, 2.45) is 0 Å². The molecule has 1 N–H and O–H groups in total. The van der Waals surface area contributed by atoms with Crippen molar-refractivity contribution in [3.63, 3.8) is 0 Å². The number of ether oxygens (including phenoxy) is 1. The van der Waals surface area contributed by atoms with Crippen molar-refractivity contribution in [2.45, 2.75) is 20.8 Å². The molecule has 0 unspecified atom stereocenters. The van der Waals surface area contributed by atoms with Crippen LogP contribution in [0.4, 0.5) is 0 Å². The second-order valence-corrected chi connectivity index (χ2v) is 4.26. The van der Waals surface area contributed by atoms with E-state index in [1.54, 1.807) is 6.08 Å². The minimum atomic E-state index is -0.966. The molecule has 0 spiro atoms. The molecule has 0 aliphatic heterocycles. The Bertz CT molecular complexity index is 481. The van der Waals surface area contributed by atoms with Gasteiger partial charge in [0, 0.05) is 11.6 Å². The Morgan fingerprint density at radius 3 is 2.72 bits per heavy atom. The van der Waals surface area contributed by atoms with E-state index in [2.05, 4.69) is 0 Å². The van der Waals surface area contributed by atoms with Gasteiger partial charge >= 0.3 is 5.97 Å². The summed E-state index contributed by atoms with van der Waals surface area (Å²) in [5, 5.41) is 8.65. The zero-order valence-corrected chi connectivity index (χ0v) is 10.9. The summed E-state index contributed by atoms with van der Waals surface area (Å²) < 4.78 is 5.69. The molecule has 1 aromatic carbocycles. The predicted molar refractivity (Wildman–Crippen MR) is 72.8 cm³/mol. The molecular formula is C15H18O3. The Hall–Kier alpha value is -2.03. The summed E-state index contributed by atoms with van der Waals surface area (Å²) in [5.74, 6) is -0.237. The quantitative estimate of drug-likeness (QED) is 0.639. The van der Waals surface area contributed by atoms with Crippen LogP contribution in [0.5, 0.6) is 5.75 Å². The maximum atomic E-state index is 10.5. The third-order valence-electron chi connectivity index (χ3n) is 2.37. The number of para-hydroxylation sites is 1. The number of carbonyl (C=O) groups is 1. The van der Waals surface area contributed by atoms with E-state index in [9.17, 15) is 4.79 Å². The number of rotatable bonds is 5. The highest BCUT2D eigenvalue weighted by Crippen LogP contribution is 2.24. The monoisotopic (exact) mass is 246 g/mol. The van der Waals surface area contributed by atoms with Gasteiger partial charge in [0.05, 0.1) is 0 Å². The van der Waals surface area contributed by atoms with E-state index >= 15 is 0 Å². The Labute approximate surface area is 107 Å². The highest BCUT2D eigenvalue weighted by molar-refractivity contribution is 5.86. The molecule has 0 atom stereocenters. The Kier molecular flexibility index (Phi) is 5.18. The molecule has 96 valence electrons. The van der Waals surface area contributed by atoms with Crippen LogP contribution in [-0.2, 0) is 4.79 Å². The van der Waals surface area contributed by atoms with Crippen LogP contribution in [0.15, 0.2) is 35.9 Å². The molecule has 0 heterocycles. The van der Waals surface area contributed by atoms with Gasteiger partial charge in [-0.3, -0.25) is 0 Å². The molecule has 0 aliphatic rings. The molecule has 18 heavy (non-hydrogen) atoms. The SMILES string of the molecule is CC(C)=CCOc1c(C)cccc1/C=C/C(=O)O. The number of benzene rings is 1. The van der Waals surface area contributed by atoms with Crippen LogP contribution < -0.4 is 4.74 Å². The van der Waals surface area contributed by atoms with Gasteiger partial charge in [-0.25, -0.2) is 4.79 Å². The number of aryl methyl sites for hydroxylation is 1. The number of carboxylic acids is 1. The fourth-order valence-corrected chi connectivity index (χ4v) is 1.46. The zero-order chi connectivity index (χ0) is 13.5. The zero-order valence-electron chi connectivity index (χ0n) is 10.9. The number of allylic oxidation sites excluding steroid dienone is 1. The molecule has 0 aliphatic carbocycles. The average molecular weight is 246 g/mol. The third-order valence-corrected chi connectivity index (χ3v) is 2.37.